The van der Waals surface area contributed by atoms with Crippen LogP contribution in [-0.2, 0) is 0 Å². The van der Waals surface area contributed by atoms with Gasteiger partial charge in [-0.1, -0.05) is 36.4 Å². The van der Waals surface area contributed by atoms with Gasteiger partial charge < -0.3 is 5.73 Å². The molecule has 4 aromatic rings. The van der Waals surface area contributed by atoms with Crippen molar-refractivity contribution in [3.63, 3.8) is 0 Å². The van der Waals surface area contributed by atoms with Gasteiger partial charge in [-0.3, -0.25) is 4.79 Å². The van der Waals surface area contributed by atoms with Gasteiger partial charge in [0, 0.05) is 0 Å². The fourth-order valence-electron chi connectivity index (χ4n) is 2.81. The molecule has 0 aliphatic carbocycles. The van der Waals surface area contributed by atoms with Gasteiger partial charge >= 0.3 is 5.69 Å². The van der Waals surface area contributed by atoms with E-state index in [4.69, 9.17) is 5.73 Å². The number of nitrogens with zero attached hydrogens (tertiary/aromatic N) is 3. The molecule has 0 saturated carbocycles. The van der Waals surface area contributed by atoms with E-state index in [2.05, 4.69) is 4.98 Å². The van der Waals surface area contributed by atoms with Crippen molar-refractivity contribution in [3.05, 3.63) is 93.6 Å². The van der Waals surface area contributed by atoms with Crippen LogP contribution in [0.2, 0.25) is 0 Å². The predicted molar refractivity (Wildman–Crippen MR) is 97.3 cm³/mol. The summed E-state index contributed by atoms with van der Waals surface area (Å²) in [4.78, 5) is 30.3. The Labute approximate surface area is 142 Å². The number of nitrogens with two attached hydrogens (primary N) is 1. The molecular weight excluding hydrogens is 316 g/mol. The predicted octanol–water partition coefficient (Wildman–Crippen LogP) is 2.12. The normalized spacial score (nSPS) is 10.9. The van der Waals surface area contributed by atoms with Gasteiger partial charge in [-0.2, -0.15) is 0 Å². The number of fused-ring (bicyclic) bond motifs is 1. The van der Waals surface area contributed by atoms with Crippen molar-refractivity contribution in [3.8, 4) is 11.4 Å². The minimum Gasteiger partial charge on any atom is -0.384 e. The summed E-state index contributed by atoms with van der Waals surface area (Å²) in [6.07, 6.45) is 0. The standard InChI is InChI=1S/C19H14N4O2/c20-16-12-11-15-17(21-16)22(13-7-3-1-4-8-13)19(25)23(18(15)24)14-9-5-2-6-10-14/h1-12H,(H2,20,21). The highest BCUT2D eigenvalue weighted by molar-refractivity contribution is 5.77. The molecule has 2 heterocycles. The number of anilines is 1. The van der Waals surface area contributed by atoms with Crippen molar-refractivity contribution < 1.29 is 0 Å². The Kier molecular flexibility index (Phi) is 3.43. The number of rotatable bonds is 2. The number of para-hydroxylation sites is 2. The lowest BCUT2D eigenvalue weighted by Gasteiger charge is -2.13. The van der Waals surface area contributed by atoms with E-state index in [1.165, 1.54) is 4.57 Å². The number of nitrogen functional groups attached to an aromatic ring is 1. The third-order valence-corrected chi connectivity index (χ3v) is 3.95. The highest BCUT2D eigenvalue weighted by Gasteiger charge is 2.16. The number of benzene rings is 2. The van der Waals surface area contributed by atoms with Crippen LogP contribution in [0.3, 0.4) is 0 Å². The Morgan fingerprint density at radius 3 is 1.88 bits per heavy atom. The molecule has 25 heavy (non-hydrogen) atoms. The van der Waals surface area contributed by atoms with E-state index < -0.39 is 11.2 Å². The van der Waals surface area contributed by atoms with Crippen LogP contribution >= 0.6 is 0 Å². The number of aromatic nitrogens is 3. The van der Waals surface area contributed by atoms with Crippen LogP contribution in [0.4, 0.5) is 5.82 Å². The monoisotopic (exact) mass is 330 g/mol. The second kappa shape index (κ2) is 5.76. The van der Waals surface area contributed by atoms with Crippen molar-refractivity contribution in [2.24, 2.45) is 0 Å². The number of hydrogen-bond acceptors (Lipinski definition) is 4. The first-order valence-corrected chi connectivity index (χ1v) is 7.72. The molecule has 0 radical (unpaired) electrons. The van der Waals surface area contributed by atoms with Crippen LogP contribution in [0, 0.1) is 0 Å². The first-order chi connectivity index (χ1) is 12.2. The van der Waals surface area contributed by atoms with Gasteiger partial charge in [0.25, 0.3) is 5.56 Å². The summed E-state index contributed by atoms with van der Waals surface area (Å²) in [5.74, 6) is 0.244. The quantitative estimate of drug-likeness (QED) is 0.610. The molecule has 4 rings (SSSR count). The summed E-state index contributed by atoms with van der Waals surface area (Å²) in [5, 5.41) is 0.321. The fourth-order valence-corrected chi connectivity index (χ4v) is 2.81. The molecule has 0 amide bonds. The molecule has 2 N–H and O–H groups in total. The molecule has 0 spiro atoms. The van der Waals surface area contributed by atoms with E-state index in [1.807, 2.05) is 24.3 Å². The maximum Gasteiger partial charge on any atom is 0.341 e. The molecule has 6 nitrogen and oxygen atoms in total. The lowest BCUT2D eigenvalue weighted by atomic mass is 10.2. The van der Waals surface area contributed by atoms with Crippen LogP contribution in [-0.4, -0.2) is 14.1 Å². The van der Waals surface area contributed by atoms with Gasteiger partial charge in [-0.25, -0.2) is 18.9 Å². The summed E-state index contributed by atoms with van der Waals surface area (Å²) in [6, 6.07) is 21.0. The molecule has 0 saturated heterocycles. The second-order valence-corrected chi connectivity index (χ2v) is 5.54. The lowest BCUT2D eigenvalue weighted by Crippen LogP contribution is -2.38. The van der Waals surface area contributed by atoms with Crippen molar-refractivity contribution >= 4 is 16.9 Å². The Hall–Kier alpha value is -3.67. The second-order valence-electron chi connectivity index (χ2n) is 5.54. The number of pyridine rings is 1. The maximum absolute atomic E-state index is 13.2. The van der Waals surface area contributed by atoms with Crippen molar-refractivity contribution in [2.45, 2.75) is 0 Å². The summed E-state index contributed by atoms with van der Waals surface area (Å²) >= 11 is 0. The van der Waals surface area contributed by atoms with Crippen LogP contribution < -0.4 is 17.0 Å². The highest BCUT2D eigenvalue weighted by Crippen LogP contribution is 2.14. The van der Waals surface area contributed by atoms with E-state index in [1.54, 1.807) is 48.5 Å². The SMILES string of the molecule is Nc1ccc2c(=O)n(-c3ccccc3)c(=O)n(-c3ccccc3)c2n1. The van der Waals surface area contributed by atoms with Crippen molar-refractivity contribution in [1.29, 1.82) is 0 Å². The van der Waals surface area contributed by atoms with Crippen LogP contribution in [0.5, 0.6) is 0 Å². The molecule has 2 aromatic heterocycles. The zero-order valence-electron chi connectivity index (χ0n) is 13.2. The molecule has 0 aliphatic heterocycles. The van der Waals surface area contributed by atoms with Crippen molar-refractivity contribution in [2.75, 3.05) is 5.73 Å². The molecule has 122 valence electrons. The minimum atomic E-state index is -0.493. The minimum absolute atomic E-state index is 0.244. The molecule has 2 aromatic carbocycles. The lowest BCUT2D eigenvalue weighted by molar-refractivity contribution is 0.827. The van der Waals surface area contributed by atoms with E-state index in [0.29, 0.717) is 16.8 Å². The zero-order chi connectivity index (χ0) is 17.4. The van der Waals surface area contributed by atoms with E-state index in [9.17, 15) is 9.59 Å². The van der Waals surface area contributed by atoms with Crippen molar-refractivity contribution in [1.82, 2.24) is 14.1 Å². The van der Waals surface area contributed by atoms with E-state index in [-0.39, 0.29) is 11.5 Å². The number of hydrogen-bond donors (Lipinski definition) is 1. The first kappa shape index (κ1) is 14.9. The topological polar surface area (TPSA) is 82.9 Å². The van der Waals surface area contributed by atoms with Crippen LogP contribution in [0.25, 0.3) is 22.4 Å². The van der Waals surface area contributed by atoms with Gasteiger partial charge in [0.15, 0.2) is 5.65 Å². The zero-order valence-corrected chi connectivity index (χ0v) is 13.2. The highest BCUT2D eigenvalue weighted by atomic mass is 16.2. The van der Waals surface area contributed by atoms with Gasteiger partial charge in [-0.05, 0) is 36.4 Å². The van der Waals surface area contributed by atoms with E-state index >= 15 is 0 Å². The van der Waals surface area contributed by atoms with Crippen LogP contribution in [0.1, 0.15) is 0 Å². The average molecular weight is 330 g/mol. The smallest absolute Gasteiger partial charge is 0.341 e. The maximum atomic E-state index is 13.2. The van der Waals surface area contributed by atoms with Crippen LogP contribution in [0.15, 0.2) is 82.4 Å². The molecule has 0 aliphatic rings. The Morgan fingerprint density at radius 1 is 0.720 bits per heavy atom. The molecule has 6 heteroatoms. The van der Waals surface area contributed by atoms with Gasteiger partial charge in [0.1, 0.15) is 5.82 Å². The van der Waals surface area contributed by atoms with E-state index in [0.717, 1.165) is 4.57 Å². The fraction of sp³-hybridized carbons (Fsp3) is 0. The summed E-state index contributed by atoms with van der Waals surface area (Å²) in [7, 11) is 0. The van der Waals surface area contributed by atoms with Gasteiger partial charge in [0.2, 0.25) is 0 Å². The summed E-state index contributed by atoms with van der Waals surface area (Å²) in [6.45, 7) is 0. The largest absolute Gasteiger partial charge is 0.384 e. The molecule has 0 atom stereocenters. The summed E-state index contributed by atoms with van der Waals surface area (Å²) < 4.78 is 2.55. The molecular formula is C19H14N4O2. The first-order valence-electron chi connectivity index (χ1n) is 7.72. The Morgan fingerprint density at radius 2 is 1.28 bits per heavy atom. The Bertz CT molecular complexity index is 1180. The molecule has 0 bridgehead atoms. The summed E-state index contributed by atoms with van der Waals surface area (Å²) in [5.41, 5.74) is 6.22. The average Bonchev–Trinajstić information content (AvgIpc) is 2.63. The molecule has 0 fully saturated rings. The van der Waals surface area contributed by atoms with Gasteiger partial charge in [0.05, 0.1) is 16.8 Å². The Balaban J connectivity index is 2.22. The third kappa shape index (κ3) is 2.40. The third-order valence-electron chi connectivity index (χ3n) is 3.95. The molecule has 0 unspecified atom stereocenters. The van der Waals surface area contributed by atoms with Gasteiger partial charge in [-0.15, -0.1) is 0 Å².